The number of halogens is 1. The Morgan fingerprint density at radius 1 is 1.50 bits per heavy atom. The van der Waals surface area contributed by atoms with E-state index >= 15 is 0 Å². The number of hydrogen-bond acceptors (Lipinski definition) is 2. The summed E-state index contributed by atoms with van der Waals surface area (Å²) in [4.78, 5) is 2.00. The van der Waals surface area contributed by atoms with Crippen LogP contribution in [-0.4, -0.2) is 18.5 Å². The first-order valence-electron chi connectivity index (χ1n) is 4.52. The highest BCUT2D eigenvalue weighted by Gasteiger charge is 2.00. The largest absolute Gasteiger partial charge is 0.301 e. The van der Waals surface area contributed by atoms with Crippen molar-refractivity contribution in [1.29, 1.82) is 5.26 Å². The number of nitriles is 1. The van der Waals surface area contributed by atoms with Crippen LogP contribution in [-0.2, 0) is 6.54 Å². The molecule has 0 saturated heterocycles. The Balaban J connectivity index is 2.48. The van der Waals surface area contributed by atoms with Crippen LogP contribution in [0.25, 0.3) is 0 Å². The van der Waals surface area contributed by atoms with Crippen LogP contribution in [0, 0.1) is 17.1 Å². The smallest absolute Gasteiger partial charge is 0.123 e. The molecule has 0 heterocycles. The van der Waals surface area contributed by atoms with Crippen LogP contribution in [0.2, 0.25) is 0 Å². The minimum atomic E-state index is -0.212. The van der Waals surface area contributed by atoms with Crippen LogP contribution in [0.1, 0.15) is 12.0 Å². The van der Waals surface area contributed by atoms with Crippen molar-refractivity contribution in [2.45, 2.75) is 13.0 Å². The molecule has 0 fully saturated rings. The third kappa shape index (κ3) is 3.55. The lowest BCUT2D eigenvalue weighted by molar-refractivity contribution is 0.334. The maximum atomic E-state index is 12.8. The van der Waals surface area contributed by atoms with Crippen LogP contribution < -0.4 is 0 Å². The van der Waals surface area contributed by atoms with Gasteiger partial charge in [0.05, 0.1) is 6.07 Å². The van der Waals surface area contributed by atoms with Gasteiger partial charge in [0, 0.05) is 19.5 Å². The minimum Gasteiger partial charge on any atom is -0.301 e. The van der Waals surface area contributed by atoms with Gasteiger partial charge in [-0.25, -0.2) is 4.39 Å². The van der Waals surface area contributed by atoms with Gasteiger partial charge < -0.3 is 4.90 Å². The highest BCUT2D eigenvalue weighted by Crippen LogP contribution is 2.06. The number of hydrogen-bond donors (Lipinski definition) is 0. The van der Waals surface area contributed by atoms with E-state index in [9.17, 15) is 4.39 Å². The Hall–Kier alpha value is -1.40. The Morgan fingerprint density at radius 2 is 2.29 bits per heavy atom. The Morgan fingerprint density at radius 3 is 2.93 bits per heavy atom. The van der Waals surface area contributed by atoms with Crippen molar-refractivity contribution < 1.29 is 4.39 Å². The first-order chi connectivity index (χ1) is 6.72. The molecule has 0 bridgehead atoms. The van der Waals surface area contributed by atoms with E-state index in [0.29, 0.717) is 19.5 Å². The van der Waals surface area contributed by atoms with E-state index < -0.39 is 0 Å². The zero-order valence-corrected chi connectivity index (χ0v) is 8.20. The predicted octanol–water partition coefficient (Wildman–Crippen LogP) is 2.17. The van der Waals surface area contributed by atoms with Crippen molar-refractivity contribution in [2.24, 2.45) is 0 Å². The number of benzene rings is 1. The summed E-state index contributed by atoms with van der Waals surface area (Å²) in [6.07, 6.45) is 0.506. The average molecular weight is 192 g/mol. The highest BCUT2D eigenvalue weighted by molar-refractivity contribution is 5.15. The highest BCUT2D eigenvalue weighted by atomic mass is 19.1. The fourth-order valence-corrected chi connectivity index (χ4v) is 1.27. The fourth-order valence-electron chi connectivity index (χ4n) is 1.27. The average Bonchev–Trinajstić information content (AvgIpc) is 2.15. The van der Waals surface area contributed by atoms with Crippen molar-refractivity contribution >= 4 is 0 Å². The molecule has 0 spiro atoms. The molecule has 0 amide bonds. The second-order valence-corrected chi connectivity index (χ2v) is 3.28. The number of nitrogens with zero attached hydrogens (tertiary/aromatic N) is 2. The Bertz CT molecular complexity index is 330. The summed E-state index contributed by atoms with van der Waals surface area (Å²) in [6.45, 7) is 1.40. The van der Waals surface area contributed by atoms with Crippen molar-refractivity contribution in [3.63, 3.8) is 0 Å². The van der Waals surface area contributed by atoms with Gasteiger partial charge in [0.2, 0.25) is 0 Å². The third-order valence-electron chi connectivity index (χ3n) is 1.95. The van der Waals surface area contributed by atoms with Gasteiger partial charge >= 0.3 is 0 Å². The van der Waals surface area contributed by atoms with E-state index in [2.05, 4.69) is 6.07 Å². The Kier molecular flexibility index (Phi) is 4.09. The maximum Gasteiger partial charge on any atom is 0.123 e. The topological polar surface area (TPSA) is 27.0 Å². The first kappa shape index (κ1) is 10.7. The summed E-state index contributed by atoms with van der Waals surface area (Å²) < 4.78 is 12.8. The lowest BCUT2D eigenvalue weighted by Gasteiger charge is -2.14. The van der Waals surface area contributed by atoms with Gasteiger partial charge in [0.1, 0.15) is 5.82 Å². The summed E-state index contributed by atoms with van der Waals surface area (Å²) in [5.41, 5.74) is 0.936. The molecule has 0 aliphatic carbocycles. The molecule has 1 aromatic carbocycles. The summed E-state index contributed by atoms with van der Waals surface area (Å²) in [5.74, 6) is -0.212. The molecule has 74 valence electrons. The zero-order chi connectivity index (χ0) is 10.4. The molecule has 1 rings (SSSR count). The van der Waals surface area contributed by atoms with E-state index in [1.54, 1.807) is 6.07 Å². The molecule has 0 aliphatic rings. The van der Waals surface area contributed by atoms with Crippen molar-refractivity contribution in [2.75, 3.05) is 13.6 Å². The molecule has 0 N–H and O–H groups in total. The summed E-state index contributed by atoms with van der Waals surface area (Å²) in [5, 5.41) is 8.39. The molecule has 3 heteroatoms. The second kappa shape index (κ2) is 5.36. The molecular formula is C11H13FN2. The van der Waals surface area contributed by atoms with Crippen LogP contribution in [0.15, 0.2) is 24.3 Å². The standard InChI is InChI=1S/C11H13FN2/c1-14(7-3-6-13)9-10-4-2-5-11(12)8-10/h2,4-5,8H,3,7,9H2,1H3. The van der Waals surface area contributed by atoms with E-state index in [4.69, 9.17) is 5.26 Å². The van der Waals surface area contributed by atoms with Gasteiger partial charge in [0.15, 0.2) is 0 Å². The van der Waals surface area contributed by atoms with E-state index in [-0.39, 0.29) is 5.82 Å². The zero-order valence-electron chi connectivity index (χ0n) is 8.20. The summed E-state index contributed by atoms with van der Waals surface area (Å²) in [7, 11) is 1.92. The SMILES string of the molecule is CN(CCC#N)Cc1cccc(F)c1. The van der Waals surface area contributed by atoms with Gasteiger partial charge in [0.25, 0.3) is 0 Å². The van der Waals surface area contributed by atoms with Crippen molar-refractivity contribution in [3.05, 3.63) is 35.6 Å². The molecule has 14 heavy (non-hydrogen) atoms. The Labute approximate surface area is 83.6 Å². The van der Waals surface area contributed by atoms with Gasteiger partial charge in [-0.2, -0.15) is 5.26 Å². The lowest BCUT2D eigenvalue weighted by atomic mass is 10.2. The third-order valence-corrected chi connectivity index (χ3v) is 1.95. The maximum absolute atomic E-state index is 12.8. The summed E-state index contributed by atoms with van der Waals surface area (Å²) in [6, 6.07) is 8.60. The quantitative estimate of drug-likeness (QED) is 0.731. The second-order valence-electron chi connectivity index (χ2n) is 3.28. The van der Waals surface area contributed by atoms with Crippen LogP contribution in [0.5, 0.6) is 0 Å². The molecule has 0 aromatic heterocycles. The van der Waals surface area contributed by atoms with Gasteiger partial charge in [-0.15, -0.1) is 0 Å². The molecule has 1 aromatic rings. The molecule has 0 saturated carbocycles. The monoisotopic (exact) mass is 192 g/mol. The van der Waals surface area contributed by atoms with Crippen LogP contribution >= 0.6 is 0 Å². The molecular weight excluding hydrogens is 179 g/mol. The van der Waals surface area contributed by atoms with E-state index in [0.717, 1.165) is 5.56 Å². The van der Waals surface area contributed by atoms with Gasteiger partial charge in [-0.3, -0.25) is 0 Å². The molecule has 2 nitrogen and oxygen atoms in total. The normalized spacial score (nSPS) is 10.1. The van der Waals surface area contributed by atoms with Gasteiger partial charge in [-0.05, 0) is 24.7 Å². The fraction of sp³-hybridized carbons (Fsp3) is 0.364. The van der Waals surface area contributed by atoms with Crippen LogP contribution in [0.3, 0.4) is 0 Å². The molecule has 0 unspecified atom stereocenters. The van der Waals surface area contributed by atoms with Gasteiger partial charge in [-0.1, -0.05) is 12.1 Å². The van der Waals surface area contributed by atoms with E-state index in [1.165, 1.54) is 12.1 Å². The minimum absolute atomic E-state index is 0.212. The van der Waals surface area contributed by atoms with Crippen LogP contribution in [0.4, 0.5) is 4.39 Å². The molecule has 0 radical (unpaired) electrons. The van der Waals surface area contributed by atoms with E-state index in [1.807, 2.05) is 18.0 Å². The summed E-state index contributed by atoms with van der Waals surface area (Å²) >= 11 is 0. The lowest BCUT2D eigenvalue weighted by Crippen LogP contribution is -2.18. The van der Waals surface area contributed by atoms with Crippen molar-refractivity contribution in [1.82, 2.24) is 4.90 Å². The van der Waals surface area contributed by atoms with Crippen molar-refractivity contribution in [3.8, 4) is 6.07 Å². The predicted molar refractivity (Wildman–Crippen MR) is 53.0 cm³/mol. The number of rotatable bonds is 4. The molecule has 0 aliphatic heterocycles. The molecule has 0 atom stereocenters. The first-order valence-corrected chi connectivity index (χ1v) is 4.52.